The first kappa shape index (κ1) is 13.9. The third-order valence-electron chi connectivity index (χ3n) is 2.94. The number of para-hydroxylation sites is 1. The summed E-state index contributed by atoms with van der Waals surface area (Å²) in [5.41, 5.74) is 0. The Balaban J connectivity index is 1.93. The first-order valence-corrected chi connectivity index (χ1v) is 7.38. The van der Waals surface area contributed by atoms with Crippen molar-refractivity contribution in [2.45, 2.75) is 31.9 Å². The predicted molar refractivity (Wildman–Crippen MR) is 75.2 cm³/mol. The first-order valence-electron chi connectivity index (χ1n) is 6.39. The van der Waals surface area contributed by atoms with Crippen molar-refractivity contribution >= 4 is 22.8 Å². The number of benzene rings is 1. The van der Waals surface area contributed by atoms with Crippen LogP contribution < -0.4 is 10.1 Å². The number of amides is 1. The van der Waals surface area contributed by atoms with Gasteiger partial charge < -0.3 is 10.1 Å². The van der Waals surface area contributed by atoms with Gasteiger partial charge >= 0.3 is 0 Å². The van der Waals surface area contributed by atoms with E-state index >= 15 is 0 Å². The zero-order chi connectivity index (χ0) is 13.7. The summed E-state index contributed by atoms with van der Waals surface area (Å²) in [4.78, 5) is 23.6. The molecule has 0 radical (unpaired) electrons. The van der Waals surface area contributed by atoms with Gasteiger partial charge in [-0.25, -0.2) is 0 Å². The second-order valence-corrected chi connectivity index (χ2v) is 5.44. The molecular weight excluding hydrogens is 262 g/mol. The van der Waals surface area contributed by atoms with Gasteiger partial charge in [-0.1, -0.05) is 36.9 Å². The van der Waals surface area contributed by atoms with Crippen LogP contribution in [-0.4, -0.2) is 28.9 Å². The molecule has 0 unspecified atom stereocenters. The van der Waals surface area contributed by atoms with Crippen molar-refractivity contribution in [3.63, 3.8) is 0 Å². The Labute approximate surface area is 116 Å². The van der Waals surface area contributed by atoms with Crippen molar-refractivity contribution < 1.29 is 14.3 Å². The lowest BCUT2D eigenvalue weighted by Gasteiger charge is -2.19. The maximum atomic E-state index is 12.1. The smallest absolute Gasteiger partial charge is 0.261 e. The molecule has 0 aliphatic carbocycles. The van der Waals surface area contributed by atoms with Gasteiger partial charge in [0.2, 0.25) is 5.12 Å². The summed E-state index contributed by atoms with van der Waals surface area (Å²) in [6.45, 7) is 1.89. The van der Waals surface area contributed by atoms with Gasteiger partial charge in [-0.15, -0.1) is 0 Å². The maximum Gasteiger partial charge on any atom is 0.261 e. The molecule has 1 heterocycles. The molecule has 4 nitrogen and oxygen atoms in total. The van der Waals surface area contributed by atoms with Crippen LogP contribution in [0.25, 0.3) is 0 Å². The molecule has 5 heteroatoms. The number of nitrogens with one attached hydrogen (secondary N) is 1. The minimum Gasteiger partial charge on any atom is -0.481 e. The van der Waals surface area contributed by atoms with Crippen LogP contribution in [-0.2, 0) is 9.59 Å². The molecule has 1 aromatic rings. The van der Waals surface area contributed by atoms with Gasteiger partial charge in [0.1, 0.15) is 5.75 Å². The fourth-order valence-corrected chi connectivity index (χ4v) is 2.81. The molecule has 19 heavy (non-hydrogen) atoms. The Morgan fingerprint density at radius 1 is 1.47 bits per heavy atom. The summed E-state index contributed by atoms with van der Waals surface area (Å²) < 4.78 is 5.64. The Morgan fingerprint density at radius 3 is 2.79 bits per heavy atom. The SMILES string of the molecule is CC[C@@H](Oc1ccccc1)C(=O)N[C@H]1CCSC1=O. The van der Waals surface area contributed by atoms with E-state index < -0.39 is 6.10 Å². The number of carbonyl (C=O) groups excluding carboxylic acids is 2. The monoisotopic (exact) mass is 279 g/mol. The van der Waals surface area contributed by atoms with Crippen molar-refractivity contribution in [3.8, 4) is 5.75 Å². The largest absolute Gasteiger partial charge is 0.481 e. The normalized spacial score (nSPS) is 20.1. The summed E-state index contributed by atoms with van der Waals surface area (Å²) in [6, 6.07) is 8.88. The zero-order valence-corrected chi connectivity index (χ0v) is 11.6. The van der Waals surface area contributed by atoms with E-state index in [1.54, 1.807) is 0 Å². The lowest BCUT2D eigenvalue weighted by Crippen LogP contribution is -2.45. The highest BCUT2D eigenvalue weighted by Crippen LogP contribution is 2.20. The molecule has 2 atom stereocenters. The van der Waals surface area contributed by atoms with Crippen LogP contribution >= 0.6 is 11.8 Å². The van der Waals surface area contributed by atoms with Crippen molar-refractivity contribution in [3.05, 3.63) is 30.3 Å². The van der Waals surface area contributed by atoms with Gasteiger partial charge in [-0.2, -0.15) is 0 Å². The van der Waals surface area contributed by atoms with E-state index in [2.05, 4.69) is 5.32 Å². The third kappa shape index (κ3) is 3.73. The van der Waals surface area contributed by atoms with Crippen LogP contribution in [0.1, 0.15) is 19.8 Å². The van der Waals surface area contributed by atoms with Crippen molar-refractivity contribution in [2.75, 3.05) is 5.75 Å². The van der Waals surface area contributed by atoms with Crippen LogP contribution in [0.15, 0.2) is 30.3 Å². The highest BCUT2D eigenvalue weighted by Gasteiger charge is 2.29. The predicted octanol–water partition coefficient (Wildman–Crippen LogP) is 1.99. The van der Waals surface area contributed by atoms with E-state index in [0.717, 1.165) is 5.75 Å². The standard InChI is InChI=1S/C14H17NO3S/c1-2-12(18-10-6-4-3-5-7-10)13(16)15-11-8-9-19-14(11)17/h3-7,11-12H,2,8-9H2,1H3,(H,15,16)/t11-,12+/m0/s1. The van der Waals surface area contributed by atoms with E-state index in [1.807, 2.05) is 37.3 Å². The number of hydrogen-bond donors (Lipinski definition) is 1. The Bertz CT molecular complexity index is 449. The summed E-state index contributed by atoms with van der Waals surface area (Å²) in [5.74, 6) is 1.23. The summed E-state index contributed by atoms with van der Waals surface area (Å²) in [5, 5.41) is 2.81. The number of ether oxygens (including phenoxy) is 1. The molecule has 1 N–H and O–H groups in total. The topological polar surface area (TPSA) is 55.4 Å². The molecule has 0 saturated carbocycles. The van der Waals surface area contributed by atoms with Gasteiger partial charge in [-0.3, -0.25) is 9.59 Å². The van der Waals surface area contributed by atoms with E-state index in [0.29, 0.717) is 18.6 Å². The maximum absolute atomic E-state index is 12.1. The van der Waals surface area contributed by atoms with Crippen LogP contribution in [0, 0.1) is 0 Å². The van der Waals surface area contributed by atoms with Crippen LogP contribution in [0.3, 0.4) is 0 Å². The van der Waals surface area contributed by atoms with E-state index in [9.17, 15) is 9.59 Å². The van der Waals surface area contributed by atoms with Gasteiger partial charge in [0.15, 0.2) is 6.10 Å². The van der Waals surface area contributed by atoms with E-state index in [4.69, 9.17) is 4.74 Å². The second-order valence-electron chi connectivity index (χ2n) is 4.35. The molecule has 0 spiro atoms. The molecule has 1 aliphatic heterocycles. The molecule has 1 aliphatic rings. The number of thioether (sulfide) groups is 1. The van der Waals surface area contributed by atoms with E-state index in [-0.39, 0.29) is 17.1 Å². The highest BCUT2D eigenvalue weighted by atomic mass is 32.2. The number of carbonyl (C=O) groups is 2. The Hall–Kier alpha value is -1.49. The van der Waals surface area contributed by atoms with Crippen LogP contribution in [0.5, 0.6) is 5.75 Å². The average molecular weight is 279 g/mol. The number of hydrogen-bond acceptors (Lipinski definition) is 4. The molecule has 1 fully saturated rings. The minimum atomic E-state index is -0.555. The molecule has 2 rings (SSSR count). The highest BCUT2D eigenvalue weighted by molar-refractivity contribution is 8.14. The van der Waals surface area contributed by atoms with E-state index in [1.165, 1.54) is 11.8 Å². The average Bonchev–Trinajstić information content (AvgIpc) is 2.82. The van der Waals surface area contributed by atoms with Crippen molar-refractivity contribution in [1.29, 1.82) is 0 Å². The molecular formula is C14H17NO3S. The Morgan fingerprint density at radius 2 is 2.21 bits per heavy atom. The van der Waals surface area contributed by atoms with Crippen LogP contribution in [0.2, 0.25) is 0 Å². The lowest BCUT2D eigenvalue weighted by atomic mass is 10.2. The Kier molecular flexibility index (Phi) is 4.85. The molecule has 1 amide bonds. The first-order chi connectivity index (χ1) is 9.20. The van der Waals surface area contributed by atoms with Gasteiger partial charge in [-0.05, 0) is 25.0 Å². The van der Waals surface area contributed by atoms with Crippen molar-refractivity contribution in [2.24, 2.45) is 0 Å². The summed E-state index contributed by atoms with van der Waals surface area (Å²) in [6.07, 6.45) is 0.715. The molecule has 1 aromatic carbocycles. The van der Waals surface area contributed by atoms with Crippen LogP contribution in [0.4, 0.5) is 0 Å². The summed E-state index contributed by atoms with van der Waals surface area (Å²) >= 11 is 1.28. The molecule has 0 bridgehead atoms. The van der Waals surface area contributed by atoms with Gasteiger partial charge in [0, 0.05) is 5.75 Å². The lowest BCUT2D eigenvalue weighted by molar-refractivity contribution is -0.130. The van der Waals surface area contributed by atoms with Gasteiger partial charge in [0.05, 0.1) is 6.04 Å². The molecule has 102 valence electrons. The molecule has 1 saturated heterocycles. The zero-order valence-electron chi connectivity index (χ0n) is 10.8. The molecule has 0 aromatic heterocycles. The summed E-state index contributed by atoms with van der Waals surface area (Å²) in [7, 11) is 0. The fraction of sp³-hybridized carbons (Fsp3) is 0.429. The second kappa shape index (κ2) is 6.61. The minimum absolute atomic E-state index is 0.0444. The third-order valence-corrected chi connectivity index (χ3v) is 3.95. The number of rotatable bonds is 5. The quantitative estimate of drug-likeness (QED) is 0.895. The van der Waals surface area contributed by atoms with Gasteiger partial charge in [0.25, 0.3) is 5.91 Å². The fourth-order valence-electron chi connectivity index (χ4n) is 1.88. The van der Waals surface area contributed by atoms with Crippen molar-refractivity contribution in [1.82, 2.24) is 5.32 Å².